The lowest BCUT2D eigenvalue weighted by molar-refractivity contribution is -0.131. The van der Waals surface area contributed by atoms with Crippen molar-refractivity contribution in [1.82, 2.24) is 5.32 Å². The Morgan fingerprint density at radius 1 is 1.11 bits per heavy atom. The van der Waals surface area contributed by atoms with Gasteiger partial charge in [-0.1, -0.05) is 18.2 Å². The van der Waals surface area contributed by atoms with Crippen LogP contribution in [0.5, 0.6) is 23.0 Å². The predicted molar refractivity (Wildman–Crippen MR) is 125 cm³/mol. The van der Waals surface area contributed by atoms with Crippen LogP contribution in [0.1, 0.15) is 5.56 Å². The molecule has 0 aromatic heterocycles. The topological polar surface area (TPSA) is 95.6 Å². The van der Waals surface area contributed by atoms with Crippen molar-refractivity contribution in [2.75, 3.05) is 39.0 Å². The molecule has 9 heteroatoms. The van der Waals surface area contributed by atoms with Gasteiger partial charge in [0.25, 0.3) is 0 Å². The molecule has 2 amide bonds. The fraction of sp³-hybridized carbons (Fsp3) is 0.385. The van der Waals surface area contributed by atoms with E-state index in [1.165, 1.54) is 0 Å². The van der Waals surface area contributed by atoms with E-state index < -0.39 is 23.5 Å². The number of benzene rings is 2. The quantitative estimate of drug-likeness (QED) is 0.609. The lowest BCUT2D eigenvalue weighted by Crippen LogP contribution is -2.44. The van der Waals surface area contributed by atoms with Crippen molar-refractivity contribution in [1.29, 1.82) is 0 Å². The van der Waals surface area contributed by atoms with E-state index in [9.17, 15) is 9.59 Å². The van der Waals surface area contributed by atoms with Gasteiger partial charge in [0, 0.05) is 18.3 Å². The Labute approximate surface area is 202 Å². The summed E-state index contributed by atoms with van der Waals surface area (Å²) in [5.41, 5.74) is 0.925. The molecule has 35 heavy (non-hydrogen) atoms. The van der Waals surface area contributed by atoms with E-state index in [4.69, 9.17) is 23.7 Å². The molecule has 6 rings (SSSR count). The Morgan fingerprint density at radius 3 is 2.77 bits per heavy atom. The molecule has 182 valence electrons. The van der Waals surface area contributed by atoms with E-state index >= 15 is 0 Å². The minimum absolute atomic E-state index is 0.115. The fourth-order valence-electron chi connectivity index (χ4n) is 5.55. The number of nitrogens with one attached hydrogen (secondary N) is 1. The minimum Gasteiger partial charge on any atom is -0.493 e. The van der Waals surface area contributed by atoms with E-state index in [1.807, 2.05) is 36.4 Å². The highest BCUT2D eigenvalue weighted by Crippen LogP contribution is 2.53. The first kappa shape index (κ1) is 21.8. The molecular formula is C26H26N2O7. The number of methoxy groups -OCH3 is 2. The van der Waals surface area contributed by atoms with Crippen LogP contribution in [0.25, 0.3) is 0 Å². The molecule has 2 aromatic carbocycles. The van der Waals surface area contributed by atoms with Crippen LogP contribution in [0.2, 0.25) is 0 Å². The summed E-state index contributed by atoms with van der Waals surface area (Å²) < 4.78 is 27.7. The van der Waals surface area contributed by atoms with Gasteiger partial charge < -0.3 is 33.9 Å². The van der Waals surface area contributed by atoms with Gasteiger partial charge in [0.1, 0.15) is 5.60 Å². The average Bonchev–Trinajstić information content (AvgIpc) is 3.64. The number of anilines is 1. The third-order valence-electron chi connectivity index (χ3n) is 7.23. The van der Waals surface area contributed by atoms with Crippen LogP contribution in [0, 0.1) is 11.8 Å². The van der Waals surface area contributed by atoms with E-state index in [0.29, 0.717) is 48.2 Å². The first-order chi connectivity index (χ1) is 17.0. The van der Waals surface area contributed by atoms with Crippen molar-refractivity contribution in [3.63, 3.8) is 0 Å². The molecular weight excluding hydrogens is 452 g/mol. The first-order valence-electron chi connectivity index (χ1n) is 11.6. The van der Waals surface area contributed by atoms with E-state index in [2.05, 4.69) is 5.32 Å². The van der Waals surface area contributed by atoms with Gasteiger partial charge in [0.05, 0.1) is 38.7 Å². The van der Waals surface area contributed by atoms with Crippen LogP contribution in [-0.2, 0) is 20.7 Å². The zero-order valence-electron chi connectivity index (χ0n) is 19.5. The summed E-state index contributed by atoms with van der Waals surface area (Å²) in [6.45, 7) is 0.956. The van der Waals surface area contributed by atoms with E-state index in [1.54, 1.807) is 31.3 Å². The number of nitrogens with zero attached hydrogens (tertiary/aromatic N) is 1. The fourth-order valence-corrected chi connectivity index (χ4v) is 5.55. The summed E-state index contributed by atoms with van der Waals surface area (Å²) >= 11 is 0. The Kier molecular flexibility index (Phi) is 5.10. The van der Waals surface area contributed by atoms with Gasteiger partial charge in [0.2, 0.25) is 18.6 Å². The highest BCUT2D eigenvalue weighted by atomic mass is 16.7. The molecule has 1 N–H and O–H groups in total. The van der Waals surface area contributed by atoms with Crippen LogP contribution in [0.15, 0.2) is 48.6 Å². The van der Waals surface area contributed by atoms with Crippen LogP contribution >= 0.6 is 0 Å². The number of rotatable bonds is 7. The van der Waals surface area contributed by atoms with Crippen molar-refractivity contribution >= 4 is 17.5 Å². The zero-order valence-corrected chi connectivity index (χ0v) is 19.5. The van der Waals surface area contributed by atoms with Gasteiger partial charge in [-0.15, -0.1) is 0 Å². The Balaban J connectivity index is 1.15. The van der Waals surface area contributed by atoms with Crippen LogP contribution in [-0.4, -0.2) is 57.6 Å². The number of fused-ring (bicyclic) bond motifs is 2. The van der Waals surface area contributed by atoms with Crippen molar-refractivity contribution in [3.05, 3.63) is 54.1 Å². The molecule has 2 fully saturated rings. The maximum Gasteiger partial charge on any atom is 0.234 e. The maximum atomic E-state index is 13.5. The number of hydrogen-bond donors (Lipinski definition) is 1. The molecule has 0 saturated carbocycles. The predicted octanol–water partition coefficient (Wildman–Crippen LogP) is 2.08. The molecule has 4 atom stereocenters. The SMILES string of the molecule is COc1ccc(CCNC(=O)[C@@H]2[C@H]3C=C[C@]4(CN(c5ccc6c(c5)OCO6)C(=O)[C@@H]24)O3)cc1OC. The number of amides is 2. The Hall–Kier alpha value is -3.72. The lowest BCUT2D eigenvalue weighted by atomic mass is 9.77. The number of carbonyl (C=O) groups is 2. The summed E-state index contributed by atoms with van der Waals surface area (Å²) in [4.78, 5) is 28.5. The van der Waals surface area contributed by atoms with Gasteiger partial charge in [-0.25, -0.2) is 0 Å². The third kappa shape index (κ3) is 3.41. The molecule has 2 aromatic rings. The number of hydrogen-bond acceptors (Lipinski definition) is 7. The first-order valence-corrected chi connectivity index (χ1v) is 11.6. The van der Waals surface area contributed by atoms with Crippen molar-refractivity contribution in [3.8, 4) is 23.0 Å². The number of ether oxygens (including phenoxy) is 5. The highest BCUT2D eigenvalue weighted by molar-refractivity contribution is 6.03. The molecule has 2 bridgehead atoms. The number of carbonyl (C=O) groups excluding carboxylic acids is 2. The molecule has 1 spiro atoms. The molecule has 4 aliphatic rings. The van der Waals surface area contributed by atoms with Crippen LogP contribution < -0.4 is 29.2 Å². The Morgan fingerprint density at radius 2 is 1.94 bits per heavy atom. The molecule has 9 nitrogen and oxygen atoms in total. The average molecular weight is 479 g/mol. The second-order valence-electron chi connectivity index (χ2n) is 9.09. The van der Waals surface area contributed by atoms with Gasteiger partial charge in [0.15, 0.2) is 23.0 Å². The van der Waals surface area contributed by atoms with Crippen molar-refractivity contribution in [2.45, 2.75) is 18.1 Å². The van der Waals surface area contributed by atoms with Gasteiger partial charge in [-0.2, -0.15) is 0 Å². The standard InChI is InChI=1S/C26H26N2O7/c1-31-17-5-3-15(11-20(17)32-2)8-10-27-24(29)22-19-7-9-26(35-19)13-28(25(30)23(22)26)16-4-6-18-21(12-16)34-14-33-18/h3-7,9,11-12,19,22-23H,8,10,13-14H2,1-2H3,(H,27,29)/t19-,22-,23-,26-/m1/s1. The second-order valence-corrected chi connectivity index (χ2v) is 9.09. The summed E-state index contributed by atoms with van der Waals surface area (Å²) in [6.07, 6.45) is 4.07. The van der Waals surface area contributed by atoms with Gasteiger partial charge >= 0.3 is 0 Å². The normalized spacial score (nSPS) is 27.3. The van der Waals surface area contributed by atoms with Gasteiger partial charge in [-0.05, 0) is 36.2 Å². The van der Waals surface area contributed by atoms with Crippen LogP contribution in [0.4, 0.5) is 5.69 Å². The van der Waals surface area contributed by atoms with E-state index in [0.717, 1.165) is 5.56 Å². The molecule has 2 saturated heterocycles. The maximum absolute atomic E-state index is 13.5. The molecule has 0 aliphatic carbocycles. The van der Waals surface area contributed by atoms with E-state index in [-0.39, 0.29) is 18.6 Å². The second kappa shape index (κ2) is 8.20. The summed E-state index contributed by atoms with van der Waals surface area (Å²) in [5.74, 6) is 1.13. The summed E-state index contributed by atoms with van der Waals surface area (Å²) in [6, 6.07) is 11.1. The largest absolute Gasteiger partial charge is 0.493 e. The van der Waals surface area contributed by atoms with Crippen LogP contribution in [0.3, 0.4) is 0 Å². The third-order valence-corrected chi connectivity index (χ3v) is 7.23. The molecule has 0 unspecified atom stereocenters. The molecule has 0 radical (unpaired) electrons. The highest BCUT2D eigenvalue weighted by Gasteiger charge is 2.67. The minimum atomic E-state index is -0.788. The summed E-state index contributed by atoms with van der Waals surface area (Å²) in [7, 11) is 3.18. The lowest BCUT2D eigenvalue weighted by Gasteiger charge is -2.23. The monoisotopic (exact) mass is 478 g/mol. The smallest absolute Gasteiger partial charge is 0.234 e. The van der Waals surface area contributed by atoms with Gasteiger partial charge in [-0.3, -0.25) is 9.59 Å². The zero-order chi connectivity index (χ0) is 24.2. The van der Waals surface area contributed by atoms with Crippen molar-refractivity contribution < 1.29 is 33.3 Å². The Bertz CT molecular complexity index is 1230. The molecule has 4 aliphatic heterocycles. The van der Waals surface area contributed by atoms with Crippen molar-refractivity contribution in [2.24, 2.45) is 11.8 Å². The molecule has 4 heterocycles. The summed E-state index contributed by atoms with van der Waals surface area (Å²) in [5, 5.41) is 3.01.